The molecule has 1 atom stereocenters. The molecule has 4 N–H and O–H groups in total. The van der Waals surface area contributed by atoms with E-state index in [0.29, 0.717) is 6.04 Å². The summed E-state index contributed by atoms with van der Waals surface area (Å²) in [5, 5.41) is 8.89. The summed E-state index contributed by atoms with van der Waals surface area (Å²) in [5.74, 6) is 0. The second-order valence-corrected chi connectivity index (χ2v) is 4.93. The van der Waals surface area contributed by atoms with Crippen molar-refractivity contribution in [2.45, 2.75) is 25.3 Å². The highest BCUT2D eigenvalue weighted by Crippen LogP contribution is 2.13. The van der Waals surface area contributed by atoms with Crippen LogP contribution in [0.15, 0.2) is 24.4 Å². The minimum absolute atomic E-state index is 0.160. The highest BCUT2D eigenvalue weighted by molar-refractivity contribution is 7.85. The number of rotatable bonds is 2. The van der Waals surface area contributed by atoms with Gasteiger partial charge >= 0.3 is 0 Å². The van der Waals surface area contributed by atoms with Crippen LogP contribution in [0.25, 0.3) is 0 Å². The first-order valence-electron chi connectivity index (χ1n) is 4.62. The van der Waals surface area contributed by atoms with E-state index in [4.69, 9.17) is 5.11 Å². The normalized spacial score (nSPS) is 12.9. The number of aliphatic hydroxyl groups excluding tert-OH is 1. The van der Waals surface area contributed by atoms with Crippen molar-refractivity contribution in [1.82, 2.24) is 4.98 Å². The van der Waals surface area contributed by atoms with Crippen LogP contribution < -0.4 is 5.73 Å². The Labute approximate surface area is 94.9 Å². The molecule has 0 aliphatic carbocycles. The summed E-state index contributed by atoms with van der Waals surface area (Å²) in [4.78, 5) is 3.52. The predicted octanol–water partition coefficient (Wildman–Crippen LogP) is -0.746. The highest BCUT2D eigenvalue weighted by atomic mass is 32.2. The Kier molecular flexibility index (Phi) is 6.12. The van der Waals surface area contributed by atoms with Crippen LogP contribution in [0.5, 0.6) is 0 Å². The lowest BCUT2D eigenvalue weighted by Crippen LogP contribution is -2.57. The Morgan fingerprint density at radius 3 is 2.25 bits per heavy atom. The molecule has 7 heteroatoms. The fourth-order valence-corrected chi connectivity index (χ4v) is 1.11. The Bertz CT molecular complexity index is 388. The van der Waals surface area contributed by atoms with Gasteiger partial charge in [-0.25, -0.2) is 8.42 Å². The van der Waals surface area contributed by atoms with Gasteiger partial charge < -0.3 is 15.4 Å². The number of quaternary nitrogens is 1. The van der Waals surface area contributed by atoms with E-state index in [9.17, 15) is 13.0 Å². The van der Waals surface area contributed by atoms with Crippen molar-refractivity contribution >= 4 is 10.1 Å². The molecule has 6 nitrogen and oxygen atoms in total. The summed E-state index contributed by atoms with van der Waals surface area (Å²) in [6, 6.07) is 4.88. The van der Waals surface area contributed by atoms with Gasteiger partial charge in [0.1, 0.15) is 10.1 Å². The number of aromatic nitrogens is 1. The van der Waals surface area contributed by atoms with E-state index >= 15 is 0 Å². The zero-order valence-electron chi connectivity index (χ0n) is 9.20. The molecule has 0 spiro atoms. The summed E-state index contributed by atoms with van der Waals surface area (Å²) in [7, 11) is -4.71. The van der Waals surface area contributed by atoms with Crippen LogP contribution in [0, 0.1) is 0 Å². The van der Waals surface area contributed by atoms with Gasteiger partial charge in [0, 0.05) is 6.20 Å². The molecule has 0 aromatic carbocycles. The van der Waals surface area contributed by atoms with Crippen molar-refractivity contribution in [3.05, 3.63) is 30.1 Å². The quantitative estimate of drug-likeness (QED) is 0.668. The van der Waals surface area contributed by atoms with E-state index in [1.54, 1.807) is 6.07 Å². The van der Waals surface area contributed by atoms with E-state index < -0.39 is 15.6 Å². The third kappa shape index (κ3) is 6.46. The zero-order chi connectivity index (χ0) is 12.8. The number of pyridine rings is 1. The Hall–Kier alpha value is -1.02. The molecule has 0 aliphatic rings. The number of hydrogen-bond acceptors (Lipinski definition) is 5. The summed E-state index contributed by atoms with van der Waals surface area (Å²) >= 11 is 0. The minimum Gasteiger partial charge on any atom is -0.746 e. The average Bonchev–Trinajstić information content (AvgIpc) is 2.16. The number of aliphatic hydroxyl groups is 1. The lowest BCUT2D eigenvalue weighted by atomic mass is 10.4. The predicted molar refractivity (Wildman–Crippen MR) is 56.9 cm³/mol. The minimum atomic E-state index is -4.71. The maximum Gasteiger partial charge on any atom is 0.185 e. The molecule has 0 saturated carbocycles. The first kappa shape index (κ1) is 15.0. The van der Waals surface area contributed by atoms with Crippen LogP contribution in [0.3, 0.4) is 0 Å². The molecule has 1 unspecified atom stereocenters. The molecule has 1 heterocycles. The lowest BCUT2D eigenvalue weighted by molar-refractivity contribution is -0.407. The third-order valence-corrected chi connectivity index (χ3v) is 2.00. The fourth-order valence-electron chi connectivity index (χ4n) is 0.670. The van der Waals surface area contributed by atoms with Gasteiger partial charge in [-0.2, -0.15) is 0 Å². The van der Waals surface area contributed by atoms with Crippen molar-refractivity contribution in [3.8, 4) is 0 Å². The van der Waals surface area contributed by atoms with E-state index in [2.05, 4.69) is 24.6 Å². The van der Waals surface area contributed by atoms with E-state index in [1.165, 1.54) is 18.3 Å². The molecule has 0 fully saturated rings. The standard InChI is InChI=1S/C6H7NO4S.C3H9N/c8-6(12(9,10)11)5-3-1-2-4-7-5;1-3(2)4/h1-4,6,8H,(H,9,10,11);3H,4H2,1-2H3. The first-order valence-corrected chi connectivity index (χ1v) is 6.09. The molecule has 92 valence electrons. The zero-order valence-corrected chi connectivity index (χ0v) is 10.0. The molecule has 16 heavy (non-hydrogen) atoms. The molecule has 1 rings (SSSR count). The van der Waals surface area contributed by atoms with Crippen LogP contribution >= 0.6 is 0 Å². The van der Waals surface area contributed by atoms with Gasteiger partial charge in [-0.3, -0.25) is 4.98 Å². The summed E-state index contributed by atoms with van der Waals surface area (Å²) in [6.07, 6.45) is 1.30. The molecule has 0 bridgehead atoms. The van der Waals surface area contributed by atoms with E-state index in [1.807, 2.05) is 0 Å². The molecule has 1 aromatic rings. The van der Waals surface area contributed by atoms with Crippen molar-refractivity contribution in [1.29, 1.82) is 0 Å². The van der Waals surface area contributed by atoms with Crippen molar-refractivity contribution < 1.29 is 23.8 Å². The van der Waals surface area contributed by atoms with E-state index in [0.717, 1.165) is 0 Å². The second kappa shape index (κ2) is 6.54. The SMILES string of the molecule is CC(C)[NH3+].O=S(=O)([O-])C(O)c1ccccn1. The largest absolute Gasteiger partial charge is 0.746 e. The highest BCUT2D eigenvalue weighted by Gasteiger charge is 2.14. The van der Waals surface area contributed by atoms with Gasteiger partial charge in [-0.15, -0.1) is 0 Å². The average molecular weight is 248 g/mol. The summed E-state index contributed by atoms with van der Waals surface area (Å²) in [6.45, 7) is 4.11. The van der Waals surface area contributed by atoms with Crippen LogP contribution in [-0.4, -0.2) is 29.1 Å². The molecule has 0 amide bonds. The Morgan fingerprint density at radius 2 is 1.94 bits per heavy atom. The molecule has 0 radical (unpaired) electrons. The Morgan fingerprint density at radius 1 is 1.44 bits per heavy atom. The topological polar surface area (TPSA) is 118 Å². The summed E-state index contributed by atoms with van der Waals surface area (Å²) in [5.41, 5.74) is 1.41. The maximum absolute atomic E-state index is 10.3. The van der Waals surface area contributed by atoms with Crippen molar-refractivity contribution in [3.63, 3.8) is 0 Å². The molecular weight excluding hydrogens is 232 g/mol. The van der Waals surface area contributed by atoms with E-state index in [-0.39, 0.29) is 5.69 Å². The van der Waals surface area contributed by atoms with Crippen LogP contribution in [0.1, 0.15) is 25.0 Å². The smallest absolute Gasteiger partial charge is 0.185 e. The van der Waals surface area contributed by atoms with Crippen LogP contribution in [-0.2, 0) is 10.1 Å². The molecule has 1 aromatic heterocycles. The van der Waals surface area contributed by atoms with Gasteiger partial charge in [0.15, 0.2) is 5.44 Å². The van der Waals surface area contributed by atoms with Gasteiger partial charge in [0.05, 0.1) is 11.7 Å². The van der Waals surface area contributed by atoms with Gasteiger partial charge in [0.25, 0.3) is 0 Å². The van der Waals surface area contributed by atoms with Crippen molar-refractivity contribution in [2.24, 2.45) is 0 Å². The lowest BCUT2D eigenvalue weighted by Gasteiger charge is -2.13. The fraction of sp³-hybridized carbons (Fsp3) is 0.444. The number of nitrogens with zero attached hydrogens (tertiary/aromatic N) is 1. The Balaban J connectivity index is 0.000000487. The molecule has 0 aliphatic heterocycles. The molecular formula is C9H16N2O4S. The third-order valence-electron chi connectivity index (χ3n) is 1.21. The van der Waals surface area contributed by atoms with Gasteiger partial charge in [-0.1, -0.05) is 6.07 Å². The summed E-state index contributed by atoms with van der Waals surface area (Å²) < 4.78 is 30.9. The van der Waals surface area contributed by atoms with Gasteiger partial charge in [-0.05, 0) is 26.0 Å². The number of hydrogen-bond donors (Lipinski definition) is 2. The van der Waals surface area contributed by atoms with Crippen LogP contribution in [0.2, 0.25) is 0 Å². The van der Waals surface area contributed by atoms with Gasteiger partial charge in [0.2, 0.25) is 0 Å². The second-order valence-electron chi connectivity index (χ2n) is 3.49. The van der Waals surface area contributed by atoms with Crippen molar-refractivity contribution in [2.75, 3.05) is 0 Å². The van der Waals surface area contributed by atoms with Crippen LogP contribution in [0.4, 0.5) is 0 Å². The first-order chi connectivity index (χ1) is 7.25. The molecule has 0 saturated heterocycles. The maximum atomic E-state index is 10.3. The monoisotopic (exact) mass is 248 g/mol.